The first-order chi connectivity index (χ1) is 15.9. The highest BCUT2D eigenvalue weighted by Gasteiger charge is 2.51. The normalized spacial score (nSPS) is 33.3. The van der Waals surface area contributed by atoms with E-state index in [2.05, 4.69) is 24.8 Å². The lowest BCUT2D eigenvalue weighted by Crippen LogP contribution is -2.55. The Labute approximate surface area is 195 Å². The molecule has 0 spiro atoms. The zero-order valence-corrected chi connectivity index (χ0v) is 19.8. The van der Waals surface area contributed by atoms with Crippen molar-refractivity contribution in [2.75, 3.05) is 26.9 Å². The smallest absolute Gasteiger partial charge is 0.345 e. The number of carbonyl (C=O) groups is 1. The Morgan fingerprint density at radius 3 is 2.67 bits per heavy atom. The van der Waals surface area contributed by atoms with Crippen LogP contribution < -0.4 is 0 Å². The molecule has 0 aromatic carbocycles. The largest absolute Gasteiger partial charge is 0.492 e. The van der Waals surface area contributed by atoms with E-state index in [1.54, 1.807) is 0 Å². The maximum absolute atomic E-state index is 12.2. The Hall–Kier alpha value is -1.87. The highest BCUT2D eigenvalue weighted by atomic mass is 16.6. The molecule has 4 aliphatic rings. The molecule has 0 aromatic heterocycles. The van der Waals surface area contributed by atoms with Crippen LogP contribution in [0.2, 0.25) is 0 Å². The number of hydrogen-bond acceptors (Lipinski definition) is 8. The predicted octanol–water partition coefficient (Wildman–Crippen LogP) is 2.21. The minimum absolute atomic E-state index is 0.0500. The van der Waals surface area contributed by atoms with Gasteiger partial charge in [0.1, 0.15) is 11.3 Å². The van der Waals surface area contributed by atoms with Gasteiger partial charge in [-0.15, -0.1) is 0 Å². The number of rotatable bonds is 7. The lowest BCUT2D eigenvalue weighted by Gasteiger charge is -2.46. The molecule has 8 nitrogen and oxygen atoms in total. The van der Waals surface area contributed by atoms with Gasteiger partial charge in [-0.1, -0.05) is 20.3 Å². The summed E-state index contributed by atoms with van der Waals surface area (Å²) in [4.78, 5) is 14.7. The topological polar surface area (TPSA) is 109 Å². The lowest BCUT2D eigenvalue weighted by atomic mass is 9.78. The zero-order chi connectivity index (χ0) is 23.7. The van der Waals surface area contributed by atoms with E-state index in [1.807, 2.05) is 0 Å². The number of piperidine rings is 1. The number of carbonyl (C=O) groups excluding carboxylic acids is 1. The van der Waals surface area contributed by atoms with Crippen LogP contribution in [0.15, 0.2) is 34.7 Å². The Balaban J connectivity index is 1.65. The highest BCUT2D eigenvalue weighted by molar-refractivity contribution is 5.94. The fourth-order valence-electron chi connectivity index (χ4n) is 5.92. The molecular weight excluding hydrogens is 426 g/mol. The fraction of sp³-hybridized carbons (Fsp3) is 0.720. The van der Waals surface area contributed by atoms with Crippen LogP contribution in [0.4, 0.5) is 0 Å². The first kappa shape index (κ1) is 24.3. The molecule has 5 atom stereocenters. The summed E-state index contributed by atoms with van der Waals surface area (Å²) in [5.41, 5.74) is 0.0500. The first-order valence-electron chi connectivity index (χ1n) is 12.2. The predicted molar refractivity (Wildman–Crippen MR) is 120 cm³/mol. The van der Waals surface area contributed by atoms with Gasteiger partial charge in [-0.2, -0.15) is 0 Å². The van der Waals surface area contributed by atoms with Gasteiger partial charge in [-0.25, -0.2) is 4.79 Å². The minimum Gasteiger partial charge on any atom is -0.492 e. The van der Waals surface area contributed by atoms with Gasteiger partial charge in [0.2, 0.25) is 5.76 Å². The second kappa shape index (κ2) is 10.2. The second-order valence-electron chi connectivity index (χ2n) is 9.91. The van der Waals surface area contributed by atoms with Gasteiger partial charge in [0.05, 0.1) is 32.3 Å². The van der Waals surface area contributed by atoms with Crippen LogP contribution in [-0.4, -0.2) is 71.2 Å². The standard InChI is InChI=1S/C25H37NO7/c1-14(2)9-10-19(29)17-6-4-7-18-21-15(12-27)23(32-20(21)8-5-11-26(17)18)24-22(31-3)16(13-28)25(30)33-24/h8,14-15,17-19,21,27-29H,4-7,9-13H2,1-3H3. The zero-order valence-electron chi connectivity index (χ0n) is 19.8. The molecular formula is C25H37NO7. The lowest BCUT2D eigenvalue weighted by molar-refractivity contribution is -0.134. The van der Waals surface area contributed by atoms with Crippen molar-refractivity contribution in [3.05, 3.63) is 34.7 Å². The highest BCUT2D eigenvalue weighted by Crippen LogP contribution is 2.49. The summed E-state index contributed by atoms with van der Waals surface area (Å²) in [5.74, 6) is 0.858. The fourth-order valence-corrected chi connectivity index (χ4v) is 5.92. The number of ether oxygens (including phenoxy) is 3. The molecule has 3 N–H and O–H groups in total. The van der Waals surface area contributed by atoms with Gasteiger partial charge in [-0.05, 0) is 44.1 Å². The van der Waals surface area contributed by atoms with Crippen molar-refractivity contribution in [1.82, 2.24) is 4.90 Å². The molecule has 0 amide bonds. The molecule has 0 aliphatic carbocycles. The summed E-state index contributed by atoms with van der Waals surface area (Å²) in [7, 11) is 1.42. The monoisotopic (exact) mass is 463 g/mol. The van der Waals surface area contributed by atoms with Crippen molar-refractivity contribution < 1.29 is 34.3 Å². The Morgan fingerprint density at radius 2 is 2.00 bits per heavy atom. The average Bonchev–Trinajstić information content (AvgIpc) is 3.27. The Bertz CT molecular complexity index is 846. The molecule has 2 saturated heterocycles. The van der Waals surface area contributed by atoms with E-state index in [0.717, 1.165) is 50.8 Å². The molecule has 2 fully saturated rings. The number of methoxy groups -OCH3 is 1. The second-order valence-corrected chi connectivity index (χ2v) is 9.91. The van der Waals surface area contributed by atoms with Crippen molar-refractivity contribution >= 4 is 5.97 Å². The minimum atomic E-state index is -0.661. The van der Waals surface area contributed by atoms with Gasteiger partial charge < -0.3 is 29.5 Å². The number of nitrogens with zero attached hydrogens (tertiary/aromatic N) is 1. The summed E-state index contributed by atoms with van der Waals surface area (Å²) in [6.07, 6.45) is 7.17. The van der Waals surface area contributed by atoms with Crippen molar-refractivity contribution in [3.8, 4) is 0 Å². The van der Waals surface area contributed by atoms with Crippen LogP contribution in [0.25, 0.3) is 0 Å². The number of cyclic esters (lactones) is 1. The van der Waals surface area contributed by atoms with Gasteiger partial charge in [0, 0.05) is 24.5 Å². The van der Waals surface area contributed by atoms with Gasteiger partial charge in [0.15, 0.2) is 11.5 Å². The molecule has 0 radical (unpaired) electrons. The molecule has 4 rings (SSSR count). The van der Waals surface area contributed by atoms with Crippen LogP contribution in [0.5, 0.6) is 0 Å². The van der Waals surface area contributed by atoms with Gasteiger partial charge in [0.25, 0.3) is 0 Å². The summed E-state index contributed by atoms with van der Waals surface area (Å²) in [5, 5.41) is 31.1. The molecule has 0 saturated carbocycles. The SMILES string of the molecule is COC1=C(CO)C(=O)OC1=C1OC2=CCCN3C(C(O)CCC(C)C)CCCC3C2C1CO. The summed E-state index contributed by atoms with van der Waals surface area (Å²) < 4.78 is 17.1. The quantitative estimate of drug-likeness (QED) is 0.493. The van der Waals surface area contributed by atoms with E-state index in [-0.39, 0.29) is 47.8 Å². The molecule has 33 heavy (non-hydrogen) atoms. The Kier molecular flexibility index (Phi) is 7.48. The third-order valence-electron chi connectivity index (χ3n) is 7.51. The molecule has 184 valence electrons. The molecule has 0 aromatic rings. The number of hydrogen-bond donors (Lipinski definition) is 3. The van der Waals surface area contributed by atoms with E-state index >= 15 is 0 Å². The van der Waals surface area contributed by atoms with E-state index in [9.17, 15) is 20.1 Å². The Morgan fingerprint density at radius 1 is 1.21 bits per heavy atom. The number of aliphatic hydroxyl groups excluding tert-OH is 3. The first-order valence-corrected chi connectivity index (χ1v) is 12.2. The molecule has 4 aliphatic heterocycles. The van der Waals surface area contributed by atoms with Gasteiger partial charge in [-0.3, -0.25) is 4.90 Å². The third-order valence-corrected chi connectivity index (χ3v) is 7.51. The van der Waals surface area contributed by atoms with E-state index in [0.29, 0.717) is 11.7 Å². The number of fused-ring (bicyclic) bond motifs is 3. The average molecular weight is 464 g/mol. The van der Waals surface area contributed by atoms with Crippen LogP contribution in [0.3, 0.4) is 0 Å². The van der Waals surface area contributed by atoms with Crippen molar-refractivity contribution in [3.63, 3.8) is 0 Å². The van der Waals surface area contributed by atoms with Crippen molar-refractivity contribution in [1.29, 1.82) is 0 Å². The molecule has 4 heterocycles. The van der Waals surface area contributed by atoms with Gasteiger partial charge >= 0.3 is 5.97 Å². The van der Waals surface area contributed by atoms with E-state index in [1.165, 1.54) is 7.11 Å². The number of aliphatic hydroxyl groups is 3. The summed E-state index contributed by atoms with van der Waals surface area (Å²) in [6.45, 7) is 4.52. The van der Waals surface area contributed by atoms with E-state index in [4.69, 9.17) is 14.2 Å². The van der Waals surface area contributed by atoms with Crippen LogP contribution in [0.1, 0.15) is 52.4 Å². The molecule has 0 bridgehead atoms. The maximum Gasteiger partial charge on any atom is 0.345 e. The maximum atomic E-state index is 12.2. The van der Waals surface area contributed by atoms with Crippen LogP contribution >= 0.6 is 0 Å². The molecule has 5 unspecified atom stereocenters. The third kappa shape index (κ3) is 4.46. The summed E-state index contributed by atoms with van der Waals surface area (Å²) in [6, 6.07) is 0.205. The van der Waals surface area contributed by atoms with Crippen molar-refractivity contribution in [2.24, 2.45) is 17.8 Å². The summed E-state index contributed by atoms with van der Waals surface area (Å²) >= 11 is 0. The number of esters is 1. The van der Waals surface area contributed by atoms with Crippen LogP contribution in [0, 0.1) is 17.8 Å². The molecule has 8 heteroatoms. The van der Waals surface area contributed by atoms with Crippen LogP contribution in [-0.2, 0) is 19.0 Å². The van der Waals surface area contributed by atoms with E-state index < -0.39 is 18.5 Å². The van der Waals surface area contributed by atoms with Crippen molar-refractivity contribution in [2.45, 2.75) is 70.6 Å².